The number of ketones is 1. The maximum Gasteiger partial charge on any atom is 0.157 e. The third-order valence-electron chi connectivity index (χ3n) is 3.96. The fraction of sp³-hybridized carbons (Fsp3) is 0.389. The molecule has 0 radical (unpaired) electrons. The van der Waals surface area contributed by atoms with Gasteiger partial charge in [-0.25, -0.2) is 8.42 Å². The largest absolute Gasteiger partial charge is 0.299 e. The number of Topliss-reactive ketones (excluding diaryl/α,β-unsaturated/α-hetero) is 1. The van der Waals surface area contributed by atoms with Crippen LogP contribution in [0, 0.1) is 0 Å². The van der Waals surface area contributed by atoms with Gasteiger partial charge in [0.2, 0.25) is 0 Å². The average Bonchev–Trinajstić information content (AvgIpc) is 2.92. The van der Waals surface area contributed by atoms with Crippen LogP contribution in [-0.2, 0) is 21.1 Å². The minimum Gasteiger partial charge on any atom is -0.299 e. The minimum absolute atomic E-state index is 0.260. The highest BCUT2D eigenvalue weighted by Crippen LogP contribution is 2.31. The van der Waals surface area contributed by atoms with Crippen molar-refractivity contribution in [1.29, 1.82) is 0 Å². The number of halogens is 1. The fourth-order valence-corrected chi connectivity index (χ4v) is 5.27. The highest BCUT2D eigenvalue weighted by atomic mass is 79.9. The third kappa shape index (κ3) is 5.53. The molecule has 1 aromatic carbocycles. The maximum atomic E-state index is 11.6. The predicted octanol–water partition coefficient (Wildman–Crippen LogP) is 4.89. The summed E-state index contributed by atoms with van der Waals surface area (Å²) in [6.07, 6.45) is 4.05. The van der Waals surface area contributed by atoms with Crippen LogP contribution in [-0.4, -0.2) is 25.7 Å². The Hall–Kier alpha value is -0.980. The van der Waals surface area contributed by atoms with Crippen LogP contribution in [0.1, 0.15) is 31.7 Å². The van der Waals surface area contributed by atoms with Crippen molar-refractivity contribution in [1.82, 2.24) is 0 Å². The number of benzene rings is 1. The van der Waals surface area contributed by atoms with Crippen molar-refractivity contribution < 1.29 is 13.2 Å². The van der Waals surface area contributed by atoms with E-state index in [1.807, 2.05) is 6.07 Å². The molecule has 0 aliphatic carbocycles. The van der Waals surface area contributed by atoms with Crippen molar-refractivity contribution in [3.05, 3.63) is 45.7 Å². The molecule has 0 fully saturated rings. The van der Waals surface area contributed by atoms with Crippen LogP contribution < -0.4 is 0 Å². The summed E-state index contributed by atoms with van der Waals surface area (Å²) in [6.45, 7) is 1.35. The summed E-state index contributed by atoms with van der Waals surface area (Å²) in [5.41, 5.74) is 2.43. The van der Waals surface area contributed by atoms with Crippen LogP contribution in [0.5, 0.6) is 0 Å². The monoisotopic (exact) mass is 428 g/mol. The first kappa shape index (κ1) is 19.3. The van der Waals surface area contributed by atoms with Crippen molar-refractivity contribution in [2.24, 2.45) is 0 Å². The van der Waals surface area contributed by atoms with E-state index < -0.39 is 15.1 Å². The molecule has 6 heteroatoms. The fourth-order valence-electron chi connectivity index (χ4n) is 2.68. The van der Waals surface area contributed by atoms with E-state index in [9.17, 15) is 13.2 Å². The van der Waals surface area contributed by atoms with Gasteiger partial charge in [-0.15, -0.1) is 11.3 Å². The number of carbonyl (C=O) groups excluding carboxylic acids is 1. The lowest BCUT2D eigenvalue weighted by molar-refractivity contribution is -0.116. The van der Waals surface area contributed by atoms with Crippen molar-refractivity contribution in [2.75, 3.05) is 6.26 Å². The first-order chi connectivity index (χ1) is 11.3. The van der Waals surface area contributed by atoms with E-state index in [1.165, 1.54) is 22.9 Å². The van der Waals surface area contributed by atoms with Crippen molar-refractivity contribution in [3.8, 4) is 10.4 Å². The molecule has 1 atom stereocenters. The number of hydrogen-bond donors (Lipinski definition) is 0. The van der Waals surface area contributed by atoms with Crippen molar-refractivity contribution in [3.63, 3.8) is 0 Å². The lowest BCUT2D eigenvalue weighted by Crippen LogP contribution is -2.27. The van der Waals surface area contributed by atoms with Gasteiger partial charge in [-0.05, 0) is 65.4 Å². The molecule has 0 aliphatic heterocycles. The van der Waals surface area contributed by atoms with E-state index in [2.05, 4.69) is 46.3 Å². The van der Waals surface area contributed by atoms with E-state index in [1.54, 1.807) is 11.3 Å². The number of aryl methyl sites for hydroxylation is 1. The van der Waals surface area contributed by atoms with Crippen LogP contribution in [0.25, 0.3) is 10.4 Å². The van der Waals surface area contributed by atoms with Crippen LogP contribution in [0.2, 0.25) is 0 Å². The molecule has 0 bridgehead atoms. The topological polar surface area (TPSA) is 51.2 Å². The average molecular weight is 429 g/mol. The van der Waals surface area contributed by atoms with Crippen LogP contribution in [0.3, 0.4) is 0 Å². The minimum atomic E-state index is -3.30. The highest BCUT2D eigenvalue weighted by molar-refractivity contribution is 9.11. The molecule has 0 saturated carbocycles. The Labute approximate surface area is 156 Å². The van der Waals surface area contributed by atoms with Gasteiger partial charge < -0.3 is 0 Å². The number of sulfone groups is 1. The number of hydrogen-bond acceptors (Lipinski definition) is 4. The molecular weight excluding hydrogens is 408 g/mol. The van der Waals surface area contributed by atoms with Gasteiger partial charge in [-0.1, -0.05) is 30.7 Å². The first-order valence-electron chi connectivity index (χ1n) is 7.81. The zero-order chi connectivity index (χ0) is 17.7. The Morgan fingerprint density at radius 1 is 1.12 bits per heavy atom. The summed E-state index contributed by atoms with van der Waals surface area (Å²) >= 11 is 5.18. The third-order valence-corrected chi connectivity index (χ3v) is 7.24. The Bertz CT molecular complexity index is 792. The van der Waals surface area contributed by atoms with Gasteiger partial charge in [-0.2, -0.15) is 0 Å². The summed E-state index contributed by atoms with van der Waals surface area (Å²) in [5.74, 6) is -0.260. The standard InChI is InChI=1S/C18H21BrO3S2/c1-13(20)17(24(2,21)22)6-4-3-5-14-7-9-15(10-8-14)16-11-12-18(19)23-16/h7-12,17H,3-6H2,1-2H3. The van der Waals surface area contributed by atoms with E-state index in [0.29, 0.717) is 6.42 Å². The predicted molar refractivity (Wildman–Crippen MR) is 104 cm³/mol. The smallest absolute Gasteiger partial charge is 0.157 e. The molecule has 1 unspecified atom stereocenters. The molecule has 0 saturated heterocycles. The zero-order valence-corrected chi connectivity index (χ0v) is 17.0. The second-order valence-electron chi connectivity index (χ2n) is 5.98. The number of thiophene rings is 1. The summed E-state index contributed by atoms with van der Waals surface area (Å²) in [4.78, 5) is 12.7. The van der Waals surface area contributed by atoms with Gasteiger partial charge in [-0.3, -0.25) is 4.79 Å². The number of carbonyl (C=O) groups is 1. The van der Waals surface area contributed by atoms with Gasteiger partial charge >= 0.3 is 0 Å². The van der Waals surface area contributed by atoms with Gasteiger partial charge in [0.15, 0.2) is 9.84 Å². The normalized spacial score (nSPS) is 13.0. The molecule has 24 heavy (non-hydrogen) atoms. The summed E-state index contributed by atoms with van der Waals surface area (Å²) in [6, 6.07) is 12.6. The van der Waals surface area contributed by atoms with Gasteiger partial charge in [0, 0.05) is 11.1 Å². The molecule has 0 spiro atoms. The first-order valence-corrected chi connectivity index (χ1v) is 11.4. The van der Waals surface area contributed by atoms with Crippen LogP contribution >= 0.6 is 27.3 Å². The number of unbranched alkanes of at least 4 members (excludes halogenated alkanes) is 1. The van der Waals surface area contributed by atoms with E-state index in [4.69, 9.17) is 0 Å². The summed E-state index contributed by atoms with van der Waals surface area (Å²) in [7, 11) is -3.30. The molecule has 2 aromatic rings. The van der Waals surface area contributed by atoms with Crippen molar-refractivity contribution >= 4 is 42.9 Å². The van der Waals surface area contributed by atoms with Gasteiger partial charge in [0.05, 0.1) is 3.79 Å². The number of rotatable bonds is 8. The highest BCUT2D eigenvalue weighted by Gasteiger charge is 2.24. The molecule has 1 aromatic heterocycles. The second-order valence-corrected chi connectivity index (χ2v) is 10.7. The lowest BCUT2D eigenvalue weighted by Gasteiger charge is -2.11. The Kier molecular flexibility index (Phi) is 6.78. The molecule has 2 rings (SSSR count). The SMILES string of the molecule is CC(=O)C(CCCCc1ccc(-c2ccc(Br)s2)cc1)S(C)(=O)=O. The molecule has 0 N–H and O–H groups in total. The molecule has 3 nitrogen and oxygen atoms in total. The molecule has 1 heterocycles. The molecular formula is C18H21BrO3S2. The molecule has 0 amide bonds. The summed E-state index contributed by atoms with van der Waals surface area (Å²) in [5, 5.41) is -0.850. The quantitative estimate of drug-likeness (QED) is 0.562. The Morgan fingerprint density at radius 2 is 1.79 bits per heavy atom. The van der Waals surface area contributed by atoms with Crippen molar-refractivity contribution in [2.45, 2.75) is 37.9 Å². The maximum absolute atomic E-state index is 11.6. The Morgan fingerprint density at radius 3 is 2.29 bits per heavy atom. The van der Waals surface area contributed by atoms with Gasteiger partial charge in [0.25, 0.3) is 0 Å². The molecule has 0 aliphatic rings. The van der Waals surface area contributed by atoms with Crippen LogP contribution in [0.4, 0.5) is 0 Å². The zero-order valence-electron chi connectivity index (χ0n) is 13.8. The van der Waals surface area contributed by atoms with E-state index >= 15 is 0 Å². The lowest BCUT2D eigenvalue weighted by atomic mass is 10.0. The summed E-state index contributed by atoms with van der Waals surface area (Å²) < 4.78 is 24.3. The van der Waals surface area contributed by atoms with Crippen LogP contribution in [0.15, 0.2) is 40.2 Å². The van der Waals surface area contributed by atoms with E-state index in [0.717, 1.165) is 29.3 Å². The second kappa shape index (κ2) is 8.41. The Balaban J connectivity index is 1.86. The van der Waals surface area contributed by atoms with E-state index in [-0.39, 0.29) is 5.78 Å². The molecule has 130 valence electrons. The van der Waals surface area contributed by atoms with Gasteiger partial charge in [0.1, 0.15) is 11.0 Å².